The van der Waals surface area contributed by atoms with E-state index in [1.807, 2.05) is 0 Å². The molecule has 5 rings (SSSR count). The van der Waals surface area contributed by atoms with Crippen molar-refractivity contribution in [2.24, 2.45) is 5.73 Å². The largest absolute Gasteiger partial charge is 0.365 e. The molecule has 2 heterocycles. The van der Waals surface area contributed by atoms with Gasteiger partial charge in [0.15, 0.2) is 0 Å². The monoisotopic (exact) mass is 398 g/mol. The van der Waals surface area contributed by atoms with Gasteiger partial charge in [-0.1, -0.05) is 48.4 Å². The normalized spacial score (nSPS) is 17.2. The van der Waals surface area contributed by atoms with Crippen LogP contribution in [0.15, 0.2) is 54.7 Å². The van der Waals surface area contributed by atoms with Gasteiger partial charge in [-0.25, -0.2) is 9.97 Å². The molecule has 152 valence electrons. The maximum atomic E-state index is 11.4. The first-order chi connectivity index (χ1) is 14.5. The van der Waals surface area contributed by atoms with Crippen molar-refractivity contribution in [3.63, 3.8) is 0 Å². The van der Waals surface area contributed by atoms with Crippen LogP contribution in [0, 0.1) is 6.92 Å². The van der Waals surface area contributed by atoms with Crippen LogP contribution in [0.5, 0.6) is 0 Å². The quantitative estimate of drug-likeness (QED) is 0.723. The number of carbonyl (C=O) groups excluding carboxylic acids is 1. The molecule has 3 aromatic rings. The standard InChI is InChI=1S/C25H26N4O/c1-17-3-5-19(6-4-17)25(12-2-13-25)20-7-9-21(10-8-20)29-14-11-18-15-27-24(23(26)30)28-22(18)16-29/h3-10,15H,2,11-14,16H2,1H3,(H2,26,30). The highest BCUT2D eigenvalue weighted by Crippen LogP contribution is 2.49. The van der Waals surface area contributed by atoms with E-state index in [1.165, 1.54) is 41.6 Å². The zero-order valence-corrected chi connectivity index (χ0v) is 17.3. The van der Waals surface area contributed by atoms with Crippen molar-refractivity contribution in [1.29, 1.82) is 0 Å². The molecule has 2 N–H and O–H groups in total. The van der Waals surface area contributed by atoms with Gasteiger partial charge in [0.05, 0.1) is 12.2 Å². The number of primary amides is 1. The number of nitrogens with two attached hydrogens (primary N) is 1. The molecular formula is C25H26N4O. The summed E-state index contributed by atoms with van der Waals surface area (Å²) in [6.45, 7) is 3.72. The number of nitrogens with zero attached hydrogens (tertiary/aromatic N) is 3. The van der Waals surface area contributed by atoms with Crippen LogP contribution in [0.3, 0.4) is 0 Å². The highest BCUT2D eigenvalue weighted by molar-refractivity contribution is 5.88. The number of anilines is 1. The molecule has 5 heteroatoms. The molecule has 1 aromatic heterocycles. The fraction of sp³-hybridized carbons (Fsp3) is 0.320. The minimum Gasteiger partial charge on any atom is -0.365 e. The molecule has 30 heavy (non-hydrogen) atoms. The summed E-state index contributed by atoms with van der Waals surface area (Å²) >= 11 is 0. The topological polar surface area (TPSA) is 72.1 Å². The predicted octanol–water partition coefficient (Wildman–Crippen LogP) is 3.92. The lowest BCUT2D eigenvalue weighted by atomic mass is 9.60. The summed E-state index contributed by atoms with van der Waals surface area (Å²) in [6.07, 6.45) is 6.30. The van der Waals surface area contributed by atoms with Crippen molar-refractivity contribution in [1.82, 2.24) is 9.97 Å². The number of hydrogen-bond acceptors (Lipinski definition) is 4. The fourth-order valence-electron chi connectivity index (χ4n) is 4.78. The third-order valence-electron chi connectivity index (χ3n) is 6.76. The molecule has 0 bridgehead atoms. The van der Waals surface area contributed by atoms with E-state index in [0.717, 1.165) is 24.2 Å². The maximum absolute atomic E-state index is 11.4. The van der Waals surface area contributed by atoms with Crippen LogP contribution in [-0.4, -0.2) is 22.4 Å². The molecule has 0 unspecified atom stereocenters. The van der Waals surface area contributed by atoms with E-state index in [9.17, 15) is 4.79 Å². The minimum absolute atomic E-state index is 0.0935. The Hall–Kier alpha value is -3.21. The lowest BCUT2D eigenvalue weighted by Crippen LogP contribution is -2.35. The first-order valence-corrected chi connectivity index (χ1v) is 10.6. The molecule has 1 aliphatic heterocycles. The maximum Gasteiger partial charge on any atom is 0.286 e. The van der Waals surface area contributed by atoms with Crippen molar-refractivity contribution >= 4 is 11.6 Å². The Morgan fingerprint density at radius 3 is 2.30 bits per heavy atom. The number of aryl methyl sites for hydroxylation is 1. The summed E-state index contributed by atoms with van der Waals surface area (Å²) in [7, 11) is 0. The van der Waals surface area contributed by atoms with E-state index < -0.39 is 5.91 Å². The SMILES string of the molecule is Cc1ccc(C2(c3ccc(N4CCc5cnc(C(N)=O)nc5C4)cc3)CCC2)cc1. The predicted molar refractivity (Wildman–Crippen MR) is 118 cm³/mol. The average molecular weight is 399 g/mol. The number of rotatable bonds is 4. The highest BCUT2D eigenvalue weighted by atomic mass is 16.1. The number of fused-ring (bicyclic) bond motifs is 1. The Morgan fingerprint density at radius 1 is 1.03 bits per heavy atom. The Bertz CT molecular complexity index is 1090. The molecule has 2 aromatic carbocycles. The zero-order valence-electron chi connectivity index (χ0n) is 17.3. The van der Waals surface area contributed by atoms with Crippen molar-refractivity contribution in [2.75, 3.05) is 11.4 Å². The van der Waals surface area contributed by atoms with E-state index >= 15 is 0 Å². The van der Waals surface area contributed by atoms with Crippen molar-refractivity contribution in [3.8, 4) is 0 Å². The molecule has 1 fully saturated rings. The number of amides is 1. The van der Waals surface area contributed by atoms with E-state index in [0.29, 0.717) is 6.54 Å². The summed E-state index contributed by atoms with van der Waals surface area (Å²) in [5, 5.41) is 0. The molecule has 1 aliphatic carbocycles. The smallest absolute Gasteiger partial charge is 0.286 e. The summed E-state index contributed by atoms with van der Waals surface area (Å²) in [4.78, 5) is 22.2. The lowest BCUT2D eigenvalue weighted by molar-refractivity contribution is 0.0990. The second kappa shape index (κ2) is 7.24. The van der Waals surface area contributed by atoms with Crippen LogP contribution in [0.1, 0.15) is 57.8 Å². The third kappa shape index (κ3) is 3.15. The van der Waals surface area contributed by atoms with Gasteiger partial charge in [-0.3, -0.25) is 4.79 Å². The molecular weight excluding hydrogens is 372 g/mol. The van der Waals surface area contributed by atoms with Gasteiger partial charge >= 0.3 is 0 Å². The van der Waals surface area contributed by atoms with Crippen LogP contribution >= 0.6 is 0 Å². The van der Waals surface area contributed by atoms with Gasteiger partial charge in [0.2, 0.25) is 5.82 Å². The van der Waals surface area contributed by atoms with E-state index in [4.69, 9.17) is 5.73 Å². The summed E-state index contributed by atoms with van der Waals surface area (Å²) in [5.41, 5.74) is 12.8. The number of hydrogen-bond donors (Lipinski definition) is 1. The Labute approximate surface area is 177 Å². The van der Waals surface area contributed by atoms with Gasteiger partial charge in [-0.2, -0.15) is 0 Å². The van der Waals surface area contributed by atoms with Crippen molar-refractivity contribution < 1.29 is 4.79 Å². The minimum atomic E-state index is -0.582. The van der Waals surface area contributed by atoms with Gasteiger partial charge in [0, 0.05) is 23.8 Å². The molecule has 0 spiro atoms. The average Bonchev–Trinajstić information content (AvgIpc) is 2.74. The van der Waals surface area contributed by atoms with Crippen molar-refractivity contribution in [2.45, 2.75) is 44.6 Å². The third-order valence-corrected chi connectivity index (χ3v) is 6.76. The zero-order chi connectivity index (χ0) is 20.7. The molecule has 0 radical (unpaired) electrons. The molecule has 1 saturated carbocycles. The van der Waals surface area contributed by atoms with Crippen LogP contribution in [0.25, 0.3) is 0 Å². The number of aromatic nitrogens is 2. The Balaban J connectivity index is 1.40. The number of carbonyl (C=O) groups is 1. The molecule has 1 amide bonds. The van der Waals surface area contributed by atoms with Gasteiger partial charge in [-0.15, -0.1) is 0 Å². The fourth-order valence-corrected chi connectivity index (χ4v) is 4.78. The van der Waals surface area contributed by atoms with Crippen LogP contribution in [-0.2, 0) is 18.4 Å². The first kappa shape index (κ1) is 18.8. The van der Waals surface area contributed by atoms with E-state index in [2.05, 4.69) is 70.3 Å². The second-order valence-corrected chi connectivity index (χ2v) is 8.55. The Morgan fingerprint density at radius 2 is 1.70 bits per heavy atom. The lowest BCUT2D eigenvalue weighted by Gasteiger charge is -2.43. The molecule has 2 aliphatic rings. The summed E-state index contributed by atoms with van der Waals surface area (Å²) in [6, 6.07) is 18.1. The van der Waals surface area contributed by atoms with Crippen molar-refractivity contribution in [3.05, 3.63) is 88.5 Å². The summed E-state index contributed by atoms with van der Waals surface area (Å²) < 4.78 is 0. The molecule has 0 saturated heterocycles. The van der Waals surface area contributed by atoms with Crippen LogP contribution in [0.2, 0.25) is 0 Å². The second-order valence-electron chi connectivity index (χ2n) is 8.55. The van der Waals surface area contributed by atoms with Gasteiger partial charge in [0.1, 0.15) is 0 Å². The highest BCUT2D eigenvalue weighted by Gasteiger charge is 2.40. The van der Waals surface area contributed by atoms with Gasteiger partial charge in [0.25, 0.3) is 5.91 Å². The first-order valence-electron chi connectivity index (χ1n) is 10.6. The molecule has 0 atom stereocenters. The van der Waals surface area contributed by atoms with E-state index in [-0.39, 0.29) is 11.2 Å². The van der Waals surface area contributed by atoms with Gasteiger partial charge in [-0.05, 0) is 55.0 Å². The van der Waals surface area contributed by atoms with Gasteiger partial charge < -0.3 is 10.6 Å². The van der Waals surface area contributed by atoms with E-state index in [1.54, 1.807) is 6.20 Å². The summed E-state index contributed by atoms with van der Waals surface area (Å²) in [5.74, 6) is -0.489. The molecule has 5 nitrogen and oxygen atoms in total. The van der Waals surface area contributed by atoms with Crippen LogP contribution in [0.4, 0.5) is 5.69 Å². The number of benzene rings is 2. The Kier molecular flexibility index (Phi) is 4.54. The van der Waals surface area contributed by atoms with Crippen LogP contribution < -0.4 is 10.6 Å².